The van der Waals surface area contributed by atoms with Crippen LogP contribution in [0, 0.1) is 18.6 Å². The van der Waals surface area contributed by atoms with Gasteiger partial charge in [-0.25, -0.2) is 18.8 Å². The van der Waals surface area contributed by atoms with E-state index in [0.29, 0.717) is 12.5 Å². The molecule has 2 N–H and O–H groups in total. The van der Waals surface area contributed by atoms with Crippen LogP contribution in [0.1, 0.15) is 31.2 Å². The fraction of sp³-hybridized carbons (Fsp3) is 0.444. The summed E-state index contributed by atoms with van der Waals surface area (Å²) >= 11 is 0. The molecule has 0 amide bonds. The van der Waals surface area contributed by atoms with E-state index in [0.717, 1.165) is 43.9 Å². The summed E-state index contributed by atoms with van der Waals surface area (Å²) in [5.41, 5.74) is 0.243. The number of nitrogens with one attached hydrogen (secondary N) is 2. The standard InChI is InChI=1S/C18H25F2N5/c1-3-21-18(24-13-15-12-16(19)6-7-17(15)20)23-8-4-5-10-25-11-9-22-14(25)2/h6-7,9,11-12H,3-5,8,10,13H2,1-2H3,(H2,21,23,24). The zero-order chi connectivity index (χ0) is 18.1. The predicted molar refractivity (Wildman–Crippen MR) is 95.4 cm³/mol. The number of aryl methyl sites for hydroxylation is 2. The highest BCUT2D eigenvalue weighted by molar-refractivity contribution is 5.79. The van der Waals surface area contributed by atoms with Crippen LogP contribution in [0.4, 0.5) is 8.78 Å². The molecule has 0 unspecified atom stereocenters. The number of guanidine groups is 1. The van der Waals surface area contributed by atoms with Crippen LogP contribution in [-0.2, 0) is 13.1 Å². The van der Waals surface area contributed by atoms with Crippen LogP contribution >= 0.6 is 0 Å². The third-order valence-electron chi connectivity index (χ3n) is 3.80. The fourth-order valence-corrected chi connectivity index (χ4v) is 2.42. The molecule has 0 bridgehead atoms. The first-order valence-electron chi connectivity index (χ1n) is 8.54. The lowest BCUT2D eigenvalue weighted by molar-refractivity contribution is 0.583. The molecule has 0 atom stereocenters. The van der Waals surface area contributed by atoms with E-state index in [1.54, 1.807) is 6.20 Å². The summed E-state index contributed by atoms with van der Waals surface area (Å²) < 4.78 is 29.0. The van der Waals surface area contributed by atoms with Gasteiger partial charge in [0, 0.05) is 37.6 Å². The molecule has 136 valence electrons. The maximum atomic E-state index is 13.6. The number of benzene rings is 1. The lowest BCUT2D eigenvalue weighted by Crippen LogP contribution is -2.37. The molecule has 1 aromatic heterocycles. The van der Waals surface area contributed by atoms with Crippen LogP contribution in [0.5, 0.6) is 0 Å². The highest BCUT2D eigenvalue weighted by Gasteiger charge is 2.04. The zero-order valence-electron chi connectivity index (χ0n) is 14.7. The van der Waals surface area contributed by atoms with Crippen molar-refractivity contribution < 1.29 is 8.78 Å². The smallest absolute Gasteiger partial charge is 0.191 e. The van der Waals surface area contributed by atoms with Gasteiger partial charge >= 0.3 is 0 Å². The minimum Gasteiger partial charge on any atom is -0.357 e. The van der Waals surface area contributed by atoms with E-state index in [9.17, 15) is 8.78 Å². The first-order valence-corrected chi connectivity index (χ1v) is 8.54. The van der Waals surface area contributed by atoms with Gasteiger partial charge in [-0.2, -0.15) is 0 Å². The minimum absolute atomic E-state index is 0.0904. The molecule has 0 aliphatic heterocycles. The van der Waals surface area contributed by atoms with E-state index in [-0.39, 0.29) is 12.1 Å². The number of nitrogens with zero attached hydrogens (tertiary/aromatic N) is 3. The zero-order valence-corrected chi connectivity index (χ0v) is 14.7. The monoisotopic (exact) mass is 349 g/mol. The van der Waals surface area contributed by atoms with Gasteiger partial charge in [0.15, 0.2) is 5.96 Å². The Balaban J connectivity index is 1.79. The van der Waals surface area contributed by atoms with Crippen LogP contribution in [-0.4, -0.2) is 28.6 Å². The van der Waals surface area contributed by atoms with Crippen LogP contribution < -0.4 is 10.6 Å². The van der Waals surface area contributed by atoms with Gasteiger partial charge in [0.2, 0.25) is 0 Å². The van der Waals surface area contributed by atoms with Crippen molar-refractivity contribution in [2.24, 2.45) is 4.99 Å². The molecule has 2 aromatic rings. The van der Waals surface area contributed by atoms with Gasteiger partial charge in [-0.3, -0.25) is 0 Å². The quantitative estimate of drug-likeness (QED) is 0.438. The lowest BCUT2D eigenvalue weighted by atomic mass is 10.2. The Bertz CT molecular complexity index is 697. The third kappa shape index (κ3) is 6.17. The highest BCUT2D eigenvalue weighted by atomic mass is 19.1. The summed E-state index contributed by atoms with van der Waals surface area (Å²) in [6.07, 6.45) is 5.76. The number of unbranched alkanes of at least 4 members (excludes halogenated alkanes) is 1. The van der Waals surface area contributed by atoms with Crippen molar-refractivity contribution in [2.75, 3.05) is 13.1 Å². The number of aliphatic imine (C=N–C) groups is 1. The topological polar surface area (TPSA) is 54.2 Å². The summed E-state index contributed by atoms with van der Waals surface area (Å²) in [5, 5.41) is 6.33. The maximum absolute atomic E-state index is 13.6. The molecule has 0 saturated heterocycles. The van der Waals surface area contributed by atoms with E-state index in [1.165, 1.54) is 6.07 Å². The average Bonchev–Trinajstić information content (AvgIpc) is 3.00. The van der Waals surface area contributed by atoms with Gasteiger partial charge < -0.3 is 15.2 Å². The third-order valence-corrected chi connectivity index (χ3v) is 3.80. The Morgan fingerprint density at radius 3 is 2.80 bits per heavy atom. The van der Waals surface area contributed by atoms with E-state index >= 15 is 0 Å². The molecule has 25 heavy (non-hydrogen) atoms. The first-order chi connectivity index (χ1) is 12.1. The predicted octanol–water partition coefficient (Wildman–Crippen LogP) is 3.01. The molecule has 1 heterocycles. The van der Waals surface area contributed by atoms with E-state index < -0.39 is 11.6 Å². The van der Waals surface area contributed by atoms with E-state index in [1.807, 2.05) is 20.0 Å². The molecular weight excluding hydrogens is 324 g/mol. The average molecular weight is 349 g/mol. The summed E-state index contributed by atoms with van der Waals surface area (Å²) in [6.45, 7) is 6.42. The van der Waals surface area contributed by atoms with Crippen molar-refractivity contribution in [1.29, 1.82) is 0 Å². The number of hydrogen-bond donors (Lipinski definition) is 2. The maximum Gasteiger partial charge on any atom is 0.191 e. The molecule has 0 saturated carbocycles. The second-order valence-corrected chi connectivity index (χ2v) is 5.73. The minimum atomic E-state index is -0.459. The van der Waals surface area contributed by atoms with Crippen LogP contribution in [0.25, 0.3) is 0 Å². The second kappa shape index (κ2) is 9.76. The Kier molecular flexibility index (Phi) is 7.37. The van der Waals surface area contributed by atoms with Crippen molar-refractivity contribution >= 4 is 5.96 Å². The molecule has 0 aliphatic carbocycles. The lowest BCUT2D eigenvalue weighted by Gasteiger charge is -2.12. The summed E-state index contributed by atoms with van der Waals surface area (Å²) in [6, 6.07) is 3.41. The first kappa shape index (κ1) is 18.9. The number of rotatable bonds is 8. The fourth-order valence-electron chi connectivity index (χ4n) is 2.42. The van der Waals surface area contributed by atoms with Crippen LogP contribution in [0.2, 0.25) is 0 Å². The molecule has 1 aromatic carbocycles. The van der Waals surface area contributed by atoms with E-state index in [4.69, 9.17) is 0 Å². The van der Waals surface area contributed by atoms with Gasteiger partial charge in [-0.1, -0.05) is 0 Å². The summed E-state index contributed by atoms with van der Waals surface area (Å²) in [7, 11) is 0. The molecule has 0 aliphatic rings. The van der Waals surface area contributed by atoms with Crippen LogP contribution in [0.15, 0.2) is 35.6 Å². The molecule has 5 nitrogen and oxygen atoms in total. The van der Waals surface area contributed by atoms with Crippen molar-refractivity contribution in [1.82, 2.24) is 20.2 Å². The van der Waals surface area contributed by atoms with Crippen molar-refractivity contribution in [2.45, 2.75) is 39.8 Å². The van der Waals surface area contributed by atoms with Gasteiger partial charge in [0.05, 0.1) is 6.54 Å². The Hall–Kier alpha value is -2.44. The van der Waals surface area contributed by atoms with Gasteiger partial charge in [-0.15, -0.1) is 0 Å². The number of halogens is 2. The molecular formula is C18H25F2N5. The Morgan fingerprint density at radius 2 is 2.08 bits per heavy atom. The number of imidazole rings is 1. The van der Waals surface area contributed by atoms with Crippen LogP contribution in [0.3, 0.4) is 0 Å². The normalized spacial score (nSPS) is 11.6. The molecule has 2 rings (SSSR count). The molecule has 0 spiro atoms. The van der Waals surface area contributed by atoms with Gasteiger partial charge in [0.1, 0.15) is 17.5 Å². The van der Waals surface area contributed by atoms with Crippen molar-refractivity contribution in [3.8, 4) is 0 Å². The summed E-state index contributed by atoms with van der Waals surface area (Å²) in [5.74, 6) is 0.709. The van der Waals surface area contributed by atoms with E-state index in [2.05, 4.69) is 25.2 Å². The highest BCUT2D eigenvalue weighted by Crippen LogP contribution is 2.10. The van der Waals surface area contributed by atoms with Crippen molar-refractivity contribution in [3.05, 3.63) is 53.6 Å². The molecule has 0 radical (unpaired) electrons. The summed E-state index contributed by atoms with van der Waals surface area (Å²) in [4.78, 5) is 8.52. The number of hydrogen-bond acceptors (Lipinski definition) is 2. The Morgan fingerprint density at radius 1 is 1.24 bits per heavy atom. The molecule has 0 fully saturated rings. The second-order valence-electron chi connectivity index (χ2n) is 5.73. The van der Waals surface area contributed by atoms with Gasteiger partial charge in [0.25, 0.3) is 0 Å². The number of aromatic nitrogens is 2. The largest absolute Gasteiger partial charge is 0.357 e. The van der Waals surface area contributed by atoms with Crippen molar-refractivity contribution in [3.63, 3.8) is 0 Å². The Labute approximate surface area is 147 Å². The SMILES string of the molecule is CCNC(=NCc1cc(F)ccc1F)NCCCCn1ccnc1C. The molecule has 7 heteroatoms. The van der Waals surface area contributed by atoms with Gasteiger partial charge in [-0.05, 0) is 44.9 Å².